The van der Waals surface area contributed by atoms with Crippen LogP contribution in [-0.2, 0) is 4.79 Å². The van der Waals surface area contributed by atoms with Crippen LogP contribution in [-0.4, -0.2) is 18.0 Å². The summed E-state index contributed by atoms with van der Waals surface area (Å²) < 4.78 is 0. The van der Waals surface area contributed by atoms with Gasteiger partial charge in [-0.1, -0.05) is 39.0 Å². The van der Waals surface area contributed by atoms with Crippen LogP contribution in [0.25, 0.3) is 0 Å². The van der Waals surface area contributed by atoms with Crippen molar-refractivity contribution in [3.05, 3.63) is 0 Å². The van der Waals surface area contributed by atoms with Crippen molar-refractivity contribution in [1.29, 1.82) is 0 Å². The number of carbonyl (C=O) groups is 1. The third-order valence-electron chi connectivity index (χ3n) is 4.64. The quantitative estimate of drug-likeness (QED) is 0.776. The van der Waals surface area contributed by atoms with Crippen LogP contribution in [0.15, 0.2) is 0 Å². The van der Waals surface area contributed by atoms with Crippen LogP contribution in [0, 0.1) is 5.41 Å². The highest BCUT2D eigenvalue weighted by Crippen LogP contribution is 2.36. The van der Waals surface area contributed by atoms with Crippen molar-refractivity contribution >= 4 is 5.91 Å². The molecule has 0 radical (unpaired) electrons. The maximum atomic E-state index is 12.4. The first-order valence-corrected chi connectivity index (χ1v) is 7.18. The predicted molar refractivity (Wildman–Crippen MR) is 69.6 cm³/mol. The zero-order valence-electron chi connectivity index (χ0n) is 11.0. The van der Waals surface area contributed by atoms with Gasteiger partial charge in [-0.15, -0.1) is 0 Å². The van der Waals surface area contributed by atoms with Gasteiger partial charge in [-0.05, 0) is 25.7 Å². The van der Waals surface area contributed by atoms with Gasteiger partial charge in [0.2, 0.25) is 5.91 Å². The van der Waals surface area contributed by atoms with E-state index in [2.05, 4.69) is 12.2 Å². The second-order valence-corrected chi connectivity index (χ2v) is 6.15. The van der Waals surface area contributed by atoms with Gasteiger partial charge in [0.05, 0.1) is 0 Å². The Balaban J connectivity index is 1.90. The molecule has 3 N–H and O–H groups in total. The van der Waals surface area contributed by atoms with Crippen LogP contribution >= 0.6 is 0 Å². The highest BCUT2D eigenvalue weighted by atomic mass is 16.2. The fourth-order valence-corrected chi connectivity index (χ4v) is 3.24. The Morgan fingerprint density at radius 3 is 2.41 bits per heavy atom. The lowest BCUT2D eigenvalue weighted by atomic mass is 9.74. The highest BCUT2D eigenvalue weighted by molar-refractivity contribution is 5.82. The lowest BCUT2D eigenvalue weighted by Crippen LogP contribution is -2.53. The van der Waals surface area contributed by atoms with Gasteiger partial charge in [0.1, 0.15) is 0 Å². The van der Waals surface area contributed by atoms with E-state index in [4.69, 9.17) is 5.73 Å². The van der Waals surface area contributed by atoms with E-state index in [9.17, 15) is 4.79 Å². The molecule has 0 aliphatic heterocycles. The maximum absolute atomic E-state index is 12.4. The van der Waals surface area contributed by atoms with Crippen LogP contribution in [0.3, 0.4) is 0 Å². The molecular weight excluding hydrogens is 212 g/mol. The summed E-state index contributed by atoms with van der Waals surface area (Å²) in [5, 5.41) is 3.21. The minimum absolute atomic E-state index is 0.130. The largest absolute Gasteiger partial charge is 0.351 e. The highest BCUT2D eigenvalue weighted by Gasteiger charge is 2.36. The molecule has 2 saturated carbocycles. The first-order valence-electron chi connectivity index (χ1n) is 7.18. The van der Waals surface area contributed by atoms with E-state index >= 15 is 0 Å². The van der Waals surface area contributed by atoms with Crippen molar-refractivity contribution < 1.29 is 4.79 Å². The lowest BCUT2D eigenvalue weighted by Gasteiger charge is -2.36. The van der Waals surface area contributed by atoms with Gasteiger partial charge in [-0.25, -0.2) is 0 Å². The number of hydrogen-bond acceptors (Lipinski definition) is 2. The molecule has 2 rings (SSSR count). The van der Waals surface area contributed by atoms with Crippen molar-refractivity contribution in [2.45, 2.75) is 76.8 Å². The molecule has 17 heavy (non-hydrogen) atoms. The summed E-state index contributed by atoms with van der Waals surface area (Å²) in [5.74, 6) is 0.250. The molecule has 98 valence electrons. The molecule has 0 aromatic heterocycles. The number of nitrogens with two attached hydrogens (primary N) is 1. The van der Waals surface area contributed by atoms with Crippen LogP contribution in [0.1, 0.15) is 64.7 Å². The maximum Gasteiger partial charge on any atom is 0.226 e. The summed E-state index contributed by atoms with van der Waals surface area (Å²) in [6, 6.07) is 0.384. The molecule has 2 unspecified atom stereocenters. The van der Waals surface area contributed by atoms with Crippen molar-refractivity contribution in [2.75, 3.05) is 0 Å². The smallest absolute Gasteiger partial charge is 0.226 e. The molecule has 0 aromatic rings. The average Bonchev–Trinajstić information content (AvgIpc) is 2.33. The van der Waals surface area contributed by atoms with E-state index in [1.807, 2.05) is 0 Å². The van der Waals surface area contributed by atoms with Crippen molar-refractivity contribution in [3.63, 3.8) is 0 Å². The molecule has 0 bridgehead atoms. The van der Waals surface area contributed by atoms with Gasteiger partial charge in [-0.2, -0.15) is 0 Å². The first-order chi connectivity index (χ1) is 8.12. The van der Waals surface area contributed by atoms with Gasteiger partial charge in [-0.3, -0.25) is 4.79 Å². The van der Waals surface area contributed by atoms with Gasteiger partial charge in [0.15, 0.2) is 0 Å². The van der Waals surface area contributed by atoms with E-state index in [1.54, 1.807) is 0 Å². The molecule has 2 aliphatic carbocycles. The van der Waals surface area contributed by atoms with Crippen molar-refractivity contribution in [2.24, 2.45) is 11.1 Å². The molecule has 3 heteroatoms. The third kappa shape index (κ3) is 3.01. The summed E-state index contributed by atoms with van der Waals surface area (Å²) in [6.07, 6.45) is 10.3. The van der Waals surface area contributed by atoms with Crippen LogP contribution < -0.4 is 11.1 Å². The van der Waals surface area contributed by atoms with E-state index in [-0.39, 0.29) is 23.4 Å². The van der Waals surface area contributed by atoms with E-state index in [1.165, 1.54) is 32.1 Å². The molecule has 2 fully saturated rings. The Hall–Kier alpha value is -0.570. The van der Waals surface area contributed by atoms with E-state index < -0.39 is 0 Å². The SMILES string of the molecule is CC1(C(=O)NC2CCCCC2N)CCCCC1. The van der Waals surface area contributed by atoms with Crippen molar-refractivity contribution in [1.82, 2.24) is 5.32 Å². The van der Waals surface area contributed by atoms with Crippen LogP contribution in [0.5, 0.6) is 0 Å². The predicted octanol–water partition coefficient (Wildman–Crippen LogP) is 2.34. The Morgan fingerprint density at radius 1 is 1.12 bits per heavy atom. The number of hydrogen-bond donors (Lipinski definition) is 2. The molecule has 2 aliphatic rings. The Kier molecular flexibility index (Phi) is 4.08. The molecular formula is C14H26N2O. The van der Waals surface area contributed by atoms with Gasteiger partial charge in [0.25, 0.3) is 0 Å². The number of rotatable bonds is 2. The van der Waals surface area contributed by atoms with Crippen molar-refractivity contribution in [3.8, 4) is 0 Å². The van der Waals surface area contributed by atoms with Gasteiger partial charge < -0.3 is 11.1 Å². The molecule has 3 nitrogen and oxygen atoms in total. The van der Waals surface area contributed by atoms with Crippen LogP contribution in [0.4, 0.5) is 0 Å². The third-order valence-corrected chi connectivity index (χ3v) is 4.64. The average molecular weight is 238 g/mol. The summed E-state index contributed by atoms with van der Waals surface area (Å²) in [5.41, 5.74) is 5.96. The molecule has 0 aromatic carbocycles. The Bertz CT molecular complexity index is 271. The number of nitrogens with one attached hydrogen (secondary N) is 1. The van der Waals surface area contributed by atoms with Gasteiger partial charge in [0, 0.05) is 17.5 Å². The topological polar surface area (TPSA) is 55.1 Å². The number of amides is 1. The zero-order valence-corrected chi connectivity index (χ0v) is 11.0. The zero-order chi connectivity index (χ0) is 12.3. The van der Waals surface area contributed by atoms with E-state index in [0.717, 1.165) is 25.7 Å². The summed E-state index contributed by atoms with van der Waals surface area (Å²) in [6.45, 7) is 2.12. The molecule has 0 heterocycles. The first kappa shape index (κ1) is 12.9. The molecule has 0 saturated heterocycles. The summed E-state index contributed by atoms with van der Waals surface area (Å²) in [4.78, 5) is 12.4. The summed E-state index contributed by atoms with van der Waals surface area (Å²) in [7, 11) is 0. The molecule has 0 spiro atoms. The standard InChI is InChI=1S/C14H26N2O/c1-14(9-5-2-6-10-14)13(17)16-12-8-4-3-7-11(12)15/h11-12H,2-10,15H2,1H3,(H,16,17). The normalized spacial score (nSPS) is 33.1. The summed E-state index contributed by atoms with van der Waals surface area (Å²) >= 11 is 0. The van der Waals surface area contributed by atoms with Crippen LogP contribution in [0.2, 0.25) is 0 Å². The second kappa shape index (κ2) is 5.38. The Labute approximate surface area is 105 Å². The minimum atomic E-state index is -0.130. The van der Waals surface area contributed by atoms with E-state index in [0.29, 0.717) is 0 Å². The molecule has 2 atom stereocenters. The fourth-order valence-electron chi connectivity index (χ4n) is 3.24. The molecule has 1 amide bonds. The number of carbonyl (C=O) groups excluding carboxylic acids is 1. The Morgan fingerprint density at radius 2 is 1.76 bits per heavy atom. The fraction of sp³-hybridized carbons (Fsp3) is 0.929. The minimum Gasteiger partial charge on any atom is -0.351 e. The van der Waals surface area contributed by atoms with Gasteiger partial charge >= 0.3 is 0 Å². The lowest BCUT2D eigenvalue weighted by molar-refractivity contribution is -0.133. The monoisotopic (exact) mass is 238 g/mol. The second-order valence-electron chi connectivity index (χ2n) is 6.15.